The number of halogens is 1. The van der Waals surface area contributed by atoms with E-state index in [0.717, 1.165) is 16.9 Å². The van der Waals surface area contributed by atoms with E-state index in [1.54, 1.807) is 18.2 Å². The van der Waals surface area contributed by atoms with E-state index in [9.17, 15) is 0 Å². The number of benzene rings is 2. The third-order valence-electron chi connectivity index (χ3n) is 3.21. The van der Waals surface area contributed by atoms with Crippen molar-refractivity contribution >= 4 is 17.8 Å². The molecule has 0 saturated heterocycles. The third kappa shape index (κ3) is 5.06. The Morgan fingerprint density at radius 2 is 1.83 bits per heavy atom. The van der Waals surface area contributed by atoms with E-state index in [1.165, 1.54) is 6.21 Å². The number of aryl methyl sites for hydroxylation is 1. The minimum absolute atomic E-state index is 0.370. The van der Waals surface area contributed by atoms with Crippen LogP contribution in [0.2, 0.25) is 5.02 Å². The molecule has 0 aliphatic carbocycles. The molecular formula is C18H20ClNO4. The highest BCUT2D eigenvalue weighted by molar-refractivity contribution is 6.31. The molecule has 128 valence electrons. The normalized spacial score (nSPS) is 10.8. The molecule has 0 bridgehead atoms. The zero-order valence-corrected chi connectivity index (χ0v) is 14.4. The summed E-state index contributed by atoms with van der Waals surface area (Å²) in [5.74, 6) is 1.96. The fourth-order valence-corrected chi connectivity index (χ4v) is 2.19. The SMILES string of the molecule is CCOc1cc(C=NO)ccc1OCCOc1ccc(Cl)c(C)c1. The number of rotatable bonds is 8. The molecule has 24 heavy (non-hydrogen) atoms. The van der Waals surface area contributed by atoms with Crippen molar-refractivity contribution in [2.75, 3.05) is 19.8 Å². The van der Waals surface area contributed by atoms with Crippen LogP contribution in [0.25, 0.3) is 0 Å². The van der Waals surface area contributed by atoms with E-state index in [0.29, 0.717) is 36.3 Å². The van der Waals surface area contributed by atoms with E-state index in [-0.39, 0.29) is 0 Å². The van der Waals surface area contributed by atoms with Crippen LogP contribution < -0.4 is 14.2 Å². The maximum Gasteiger partial charge on any atom is 0.161 e. The molecule has 6 heteroatoms. The number of hydrogen-bond donors (Lipinski definition) is 1. The first-order chi connectivity index (χ1) is 11.6. The molecule has 0 saturated carbocycles. The van der Waals surface area contributed by atoms with Crippen LogP contribution in [0.4, 0.5) is 0 Å². The van der Waals surface area contributed by atoms with Crippen LogP contribution in [-0.2, 0) is 0 Å². The molecule has 0 amide bonds. The largest absolute Gasteiger partial charge is 0.490 e. The Bertz CT molecular complexity index is 703. The Hall–Kier alpha value is -2.40. The number of nitrogens with zero attached hydrogens (tertiary/aromatic N) is 1. The van der Waals surface area contributed by atoms with Gasteiger partial charge < -0.3 is 19.4 Å². The lowest BCUT2D eigenvalue weighted by molar-refractivity contribution is 0.208. The molecule has 2 aromatic carbocycles. The predicted molar refractivity (Wildman–Crippen MR) is 94.2 cm³/mol. The zero-order chi connectivity index (χ0) is 17.4. The second-order valence-electron chi connectivity index (χ2n) is 4.99. The zero-order valence-electron chi connectivity index (χ0n) is 13.7. The smallest absolute Gasteiger partial charge is 0.161 e. The van der Waals surface area contributed by atoms with Gasteiger partial charge in [0, 0.05) is 10.6 Å². The van der Waals surface area contributed by atoms with Gasteiger partial charge in [-0.05, 0) is 55.8 Å². The monoisotopic (exact) mass is 349 g/mol. The van der Waals surface area contributed by atoms with E-state index < -0.39 is 0 Å². The maximum absolute atomic E-state index is 8.60. The van der Waals surface area contributed by atoms with Crippen molar-refractivity contribution in [3.63, 3.8) is 0 Å². The Kier molecular flexibility index (Phi) is 6.75. The first-order valence-electron chi connectivity index (χ1n) is 7.60. The first-order valence-corrected chi connectivity index (χ1v) is 7.98. The van der Waals surface area contributed by atoms with Gasteiger partial charge in [-0.1, -0.05) is 16.8 Å². The maximum atomic E-state index is 8.60. The van der Waals surface area contributed by atoms with Crippen LogP contribution in [0.5, 0.6) is 17.2 Å². The topological polar surface area (TPSA) is 60.3 Å². The number of hydrogen-bond acceptors (Lipinski definition) is 5. The molecule has 0 aliphatic heterocycles. The molecule has 5 nitrogen and oxygen atoms in total. The minimum Gasteiger partial charge on any atom is -0.490 e. The highest BCUT2D eigenvalue weighted by Crippen LogP contribution is 2.28. The summed E-state index contributed by atoms with van der Waals surface area (Å²) in [5.41, 5.74) is 1.69. The van der Waals surface area contributed by atoms with Crippen LogP contribution >= 0.6 is 11.6 Å². The molecule has 0 radical (unpaired) electrons. The molecule has 0 aromatic heterocycles. The van der Waals surface area contributed by atoms with Crippen LogP contribution in [0.15, 0.2) is 41.6 Å². The minimum atomic E-state index is 0.370. The molecular weight excluding hydrogens is 330 g/mol. The second-order valence-corrected chi connectivity index (χ2v) is 5.40. The summed E-state index contributed by atoms with van der Waals surface area (Å²) in [6.07, 6.45) is 1.33. The van der Waals surface area contributed by atoms with Crippen LogP contribution in [0, 0.1) is 6.92 Å². The van der Waals surface area contributed by atoms with Gasteiger partial charge in [-0.25, -0.2) is 0 Å². The van der Waals surface area contributed by atoms with Crippen molar-refractivity contribution in [3.05, 3.63) is 52.5 Å². The quantitative estimate of drug-likeness (QED) is 0.334. The molecule has 2 rings (SSSR count). The fourth-order valence-electron chi connectivity index (χ4n) is 2.08. The third-order valence-corrected chi connectivity index (χ3v) is 3.64. The highest BCUT2D eigenvalue weighted by atomic mass is 35.5. The molecule has 0 spiro atoms. The van der Waals surface area contributed by atoms with E-state index >= 15 is 0 Å². The number of ether oxygens (including phenoxy) is 3. The van der Waals surface area contributed by atoms with Gasteiger partial charge in [-0.3, -0.25) is 0 Å². The van der Waals surface area contributed by atoms with E-state index in [4.69, 9.17) is 31.0 Å². The Morgan fingerprint density at radius 1 is 1.04 bits per heavy atom. The van der Waals surface area contributed by atoms with Gasteiger partial charge in [0.25, 0.3) is 0 Å². The van der Waals surface area contributed by atoms with Crippen LogP contribution in [0.3, 0.4) is 0 Å². The van der Waals surface area contributed by atoms with Gasteiger partial charge in [0.05, 0.1) is 12.8 Å². The fraction of sp³-hybridized carbons (Fsp3) is 0.278. The average Bonchev–Trinajstić information content (AvgIpc) is 2.57. The predicted octanol–water partition coefficient (Wildman–Crippen LogP) is 4.31. The molecule has 0 unspecified atom stereocenters. The standard InChI is InChI=1S/C18H20ClNO4/c1-3-22-18-11-14(12-20-21)4-7-17(18)24-9-8-23-15-5-6-16(19)13(2)10-15/h4-7,10-12,21H,3,8-9H2,1-2H3. The van der Waals surface area contributed by atoms with Crippen molar-refractivity contribution in [2.24, 2.45) is 5.16 Å². The first kappa shape index (κ1) is 17.9. The summed E-state index contributed by atoms with van der Waals surface area (Å²) >= 11 is 5.99. The van der Waals surface area contributed by atoms with Crippen molar-refractivity contribution < 1.29 is 19.4 Å². The second kappa shape index (κ2) is 9.03. The summed E-state index contributed by atoms with van der Waals surface area (Å²) in [5, 5.41) is 12.3. The van der Waals surface area contributed by atoms with Crippen molar-refractivity contribution in [3.8, 4) is 17.2 Å². The van der Waals surface area contributed by atoms with E-state index in [1.807, 2.05) is 32.0 Å². The van der Waals surface area contributed by atoms with Gasteiger partial charge in [0.15, 0.2) is 11.5 Å². The Balaban J connectivity index is 1.92. The molecule has 0 heterocycles. The molecule has 2 aromatic rings. The summed E-state index contributed by atoms with van der Waals surface area (Å²) in [4.78, 5) is 0. The lowest BCUT2D eigenvalue weighted by Gasteiger charge is -2.13. The molecule has 0 atom stereocenters. The van der Waals surface area contributed by atoms with E-state index in [2.05, 4.69) is 5.16 Å². The highest BCUT2D eigenvalue weighted by Gasteiger charge is 2.06. The van der Waals surface area contributed by atoms with Crippen molar-refractivity contribution in [1.29, 1.82) is 0 Å². The van der Waals surface area contributed by atoms with Crippen molar-refractivity contribution in [1.82, 2.24) is 0 Å². The molecule has 1 N–H and O–H groups in total. The Labute approximate surface area is 146 Å². The number of oxime groups is 1. The Morgan fingerprint density at radius 3 is 2.54 bits per heavy atom. The van der Waals surface area contributed by atoms with Gasteiger partial charge >= 0.3 is 0 Å². The summed E-state index contributed by atoms with van der Waals surface area (Å²) < 4.78 is 16.9. The van der Waals surface area contributed by atoms with Crippen LogP contribution in [0.1, 0.15) is 18.1 Å². The summed E-state index contributed by atoms with van der Waals surface area (Å²) in [7, 11) is 0. The van der Waals surface area contributed by atoms with Gasteiger partial charge in [-0.15, -0.1) is 0 Å². The van der Waals surface area contributed by atoms with Gasteiger partial charge in [-0.2, -0.15) is 0 Å². The summed E-state index contributed by atoms with van der Waals surface area (Å²) in [6, 6.07) is 10.8. The molecule has 0 aliphatic rings. The van der Waals surface area contributed by atoms with Gasteiger partial charge in [0.2, 0.25) is 0 Å². The van der Waals surface area contributed by atoms with Crippen molar-refractivity contribution in [2.45, 2.75) is 13.8 Å². The van der Waals surface area contributed by atoms with Gasteiger partial charge in [0.1, 0.15) is 19.0 Å². The lowest BCUT2D eigenvalue weighted by atomic mass is 10.2. The summed E-state index contributed by atoms with van der Waals surface area (Å²) in [6.45, 7) is 5.10. The van der Waals surface area contributed by atoms with Crippen LogP contribution in [-0.4, -0.2) is 31.2 Å². The average molecular weight is 350 g/mol. The molecule has 0 fully saturated rings. The lowest BCUT2D eigenvalue weighted by Crippen LogP contribution is -2.10.